The van der Waals surface area contributed by atoms with E-state index < -0.39 is 17.0 Å². The molecule has 0 aromatic rings. The molecule has 0 aliphatic heterocycles. The molecule has 1 atom stereocenters. The van der Waals surface area contributed by atoms with E-state index >= 15 is 0 Å². The lowest BCUT2D eigenvalue weighted by molar-refractivity contribution is -0.134. The number of methoxy groups -OCH3 is 1. The average Bonchev–Trinajstić information content (AvgIpc) is 2.40. The fourth-order valence-electron chi connectivity index (χ4n) is 2.57. The molecule has 0 aromatic heterocycles. The van der Waals surface area contributed by atoms with Gasteiger partial charge in [0, 0.05) is 17.9 Å². The highest BCUT2D eigenvalue weighted by atomic mass is 16.5. The Labute approximate surface area is 126 Å². The first-order valence-corrected chi connectivity index (χ1v) is 6.94. The van der Waals surface area contributed by atoms with Gasteiger partial charge in [-0.3, -0.25) is 4.79 Å². The molecule has 116 valence electrons. The minimum Gasteiger partial charge on any atom is -0.466 e. The Morgan fingerprint density at radius 3 is 2.43 bits per heavy atom. The van der Waals surface area contributed by atoms with E-state index in [4.69, 9.17) is 0 Å². The third kappa shape index (κ3) is 3.32. The molecular weight excluding hydrogens is 268 g/mol. The maximum absolute atomic E-state index is 12.0. The molecule has 0 aromatic carbocycles. The molecule has 1 N–H and O–H groups in total. The van der Waals surface area contributed by atoms with Crippen molar-refractivity contribution in [1.29, 1.82) is 0 Å². The third-order valence-corrected chi connectivity index (χ3v) is 4.32. The van der Waals surface area contributed by atoms with Crippen molar-refractivity contribution in [3.8, 4) is 0 Å². The van der Waals surface area contributed by atoms with Crippen molar-refractivity contribution in [3.63, 3.8) is 0 Å². The van der Waals surface area contributed by atoms with Crippen LogP contribution in [-0.2, 0) is 14.3 Å². The van der Waals surface area contributed by atoms with E-state index in [-0.39, 0.29) is 12.2 Å². The van der Waals surface area contributed by atoms with Crippen molar-refractivity contribution in [2.75, 3.05) is 7.11 Å². The van der Waals surface area contributed by atoms with E-state index in [1.165, 1.54) is 13.2 Å². The Bertz CT molecular complexity index is 549. The molecule has 1 rings (SSSR count). The number of esters is 1. The Balaban J connectivity index is 3.22. The second-order valence-corrected chi connectivity index (χ2v) is 6.25. The van der Waals surface area contributed by atoms with Crippen molar-refractivity contribution in [1.82, 2.24) is 0 Å². The number of Topliss-reactive ketones (excluding diaryl/α,β-unsaturated/α-hetero) is 1. The van der Waals surface area contributed by atoms with Crippen LogP contribution in [0.2, 0.25) is 0 Å². The highest BCUT2D eigenvalue weighted by molar-refractivity contribution is 5.97. The lowest BCUT2D eigenvalue weighted by Gasteiger charge is -2.45. The molecule has 0 fully saturated rings. The molecule has 0 unspecified atom stereocenters. The second-order valence-electron chi connectivity index (χ2n) is 6.25. The van der Waals surface area contributed by atoms with Gasteiger partial charge in [-0.2, -0.15) is 0 Å². The number of rotatable bonds is 3. The molecule has 4 nitrogen and oxygen atoms in total. The molecule has 1 aliphatic carbocycles. The number of ether oxygens (including phenoxy) is 1. The quantitative estimate of drug-likeness (QED) is 0.493. The molecule has 0 amide bonds. The lowest BCUT2D eigenvalue weighted by atomic mass is 9.62. The predicted molar refractivity (Wildman–Crippen MR) is 81.6 cm³/mol. The number of carbonyl (C=O) groups is 2. The fourth-order valence-corrected chi connectivity index (χ4v) is 2.57. The van der Waals surface area contributed by atoms with Crippen LogP contribution in [0.4, 0.5) is 0 Å². The monoisotopic (exact) mass is 292 g/mol. The molecule has 0 spiro atoms. The molecule has 21 heavy (non-hydrogen) atoms. The Morgan fingerprint density at radius 1 is 1.33 bits per heavy atom. The van der Waals surface area contributed by atoms with E-state index in [1.807, 2.05) is 13.8 Å². The van der Waals surface area contributed by atoms with Gasteiger partial charge in [0.15, 0.2) is 5.78 Å². The number of hydrogen-bond acceptors (Lipinski definition) is 4. The maximum atomic E-state index is 12.0. The summed E-state index contributed by atoms with van der Waals surface area (Å²) in [6.45, 7) is 9.00. The first-order valence-electron chi connectivity index (χ1n) is 6.94. The second kappa shape index (κ2) is 5.98. The summed E-state index contributed by atoms with van der Waals surface area (Å²) >= 11 is 0. The topological polar surface area (TPSA) is 63.6 Å². The summed E-state index contributed by atoms with van der Waals surface area (Å²) in [5.74, 6) is -0.372. The van der Waals surface area contributed by atoms with Gasteiger partial charge >= 0.3 is 5.97 Å². The summed E-state index contributed by atoms with van der Waals surface area (Å²) in [6.07, 6.45) is 4.99. The molecule has 0 saturated heterocycles. The number of carbonyl (C=O) groups excluding carboxylic acids is 2. The van der Waals surface area contributed by atoms with Crippen LogP contribution in [0.5, 0.6) is 0 Å². The van der Waals surface area contributed by atoms with Gasteiger partial charge < -0.3 is 9.84 Å². The molecule has 0 saturated carbocycles. The minimum absolute atomic E-state index is 0.0670. The van der Waals surface area contributed by atoms with Crippen LogP contribution in [-0.4, -0.2) is 29.6 Å². The molecule has 0 bridgehead atoms. The fraction of sp³-hybridized carbons (Fsp3) is 0.529. The number of aliphatic hydroxyl groups is 1. The van der Waals surface area contributed by atoms with Gasteiger partial charge in [0.25, 0.3) is 0 Å². The van der Waals surface area contributed by atoms with Crippen LogP contribution in [0.3, 0.4) is 0 Å². The van der Waals surface area contributed by atoms with Crippen molar-refractivity contribution in [2.24, 2.45) is 5.41 Å². The highest BCUT2D eigenvalue weighted by Crippen LogP contribution is 2.46. The van der Waals surface area contributed by atoms with Gasteiger partial charge in [-0.25, -0.2) is 4.79 Å². The smallest absolute Gasteiger partial charge is 0.330 e. The van der Waals surface area contributed by atoms with Gasteiger partial charge in [-0.05, 0) is 43.6 Å². The predicted octanol–water partition coefficient (Wildman–Crippen LogP) is 2.73. The normalized spacial score (nSPS) is 26.4. The van der Waals surface area contributed by atoms with Gasteiger partial charge in [-0.1, -0.05) is 19.9 Å². The van der Waals surface area contributed by atoms with Crippen LogP contribution in [0.25, 0.3) is 0 Å². The summed E-state index contributed by atoms with van der Waals surface area (Å²) in [5, 5.41) is 11.1. The van der Waals surface area contributed by atoms with E-state index in [2.05, 4.69) is 4.74 Å². The summed E-state index contributed by atoms with van der Waals surface area (Å²) in [5.41, 5.74) is 0.127. The SMILES string of the molecule is COC(=O)C=C(C)/C=C/[C@@]1(O)C(C)=C(C)C(=O)CC1(C)C. The summed E-state index contributed by atoms with van der Waals surface area (Å²) < 4.78 is 4.57. The zero-order valence-corrected chi connectivity index (χ0v) is 13.6. The molecule has 0 heterocycles. The van der Waals surface area contributed by atoms with Gasteiger partial charge in [0.2, 0.25) is 0 Å². The highest BCUT2D eigenvalue weighted by Gasteiger charge is 2.48. The van der Waals surface area contributed by atoms with Crippen LogP contribution >= 0.6 is 0 Å². The van der Waals surface area contributed by atoms with E-state index in [1.54, 1.807) is 32.9 Å². The van der Waals surface area contributed by atoms with Crippen LogP contribution in [0.1, 0.15) is 41.0 Å². The van der Waals surface area contributed by atoms with Crippen LogP contribution < -0.4 is 0 Å². The van der Waals surface area contributed by atoms with E-state index in [0.717, 1.165) is 0 Å². The first kappa shape index (κ1) is 17.4. The largest absolute Gasteiger partial charge is 0.466 e. The maximum Gasteiger partial charge on any atom is 0.330 e. The number of ketones is 1. The van der Waals surface area contributed by atoms with Crippen molar-refractivity contribution in [2.45, 2.75) is 46.6 Å². The zero-order valence-electron chi connectivity index (χ0n) is 13.6. The Morgan fingerprint density at radius 2 is 1.90 bits per heavy atom. The lowest BCUT2D eigenvalue weighted by Crippen LogP contribution is -2.49. The summed E-state index contributed by atoms with van der Waals surface area (Å²) in [6, 6.07) is 0. The zero-order chi connectivity index (χ0) is 16.4. The standard InChI is InChI=1S/C17H24O4/c1-11(9-15(19)21-6)7-8-17(20)13(3)12(2)14(18)10-16(17,4)5/h7-9,20H,10H2,1-6H3/b8-7+,11-9?/t17-/m1/s1. The Hall–Kier alpha value is -1.68. The Kier molecular flexibility index (Phi) is 4.95. The third-order valence-electron chi connectivity index (χ3n) is 4.32. The van der Waals surface area contributed by atoms with Crippen molar-refractivity contribution < 1.29 is 19.4 Å². The van der Waals surface area contributed by atoms with Crippen molar-refractivity contribution >= 4 is 11.8 Å². The average molecular weight is 292 g/mol. The van der Waals surface area contributed by atoms with Crippen LogP contribution in [0.15, 0.2) is 34.9 Å². The van der Waals surface area contributed by atoms with E-state index in [9.17, 15) is 14.7 Å². The molecular formula is C17H24O4. The number of allylic oxidation sites excluding steroid dienone is 3. The molecule has 1 aliphatic rings. The summed E-state index contributed by atoms with van der Waals surface area (Å²) in [7, 11) is 1.31. The molecule has 0 radical (unpaired) electrons. The van der Waals surface area contributed by atoms with Gasteiger partial charge in [-0.15, -0.1) is 0 Å². The van der Waals surface area contributed by atoms with Crippen LogP contribution in [0, 0.1) is 5.41 Å². The molecule has 4 heteroatoms. The first-order chi connectivity index (χ1) is 9.55. The summed E-state index contributed by atoms with van der Waals surface area (Å²) in [4.78, 5) is 23.2. The van der Waals surface area contributed by atoms with Crippen molar-refractivity contribution in [3.05, 3.63) is 34.9 Å². The minimum atomic E-state index is -1.21. The van der Waals surface area contributed by atoms with Gasteiger partial charge in [0.05, 0.1) is 7.11 Å². The van der Waals surface area contributed by atoms with E-state index in [0.29, 0.717) is 16.7 Å². The number of hydrogen-bond donors (Lipinski definition) is 1. The van der Waals surface area contributed by atoms with Gasteiger partial charge in [0.1, 0.15) is 5.60 Å².